The molecule has 1 aliphatic heterocycles. The zero-order chi connectivity index (χ0) is 22.9. The lowest BCUT2D eigenvalue weighted by Crippen LogP contribution is -2.47. The first-order valence-electron chi connectivity index (χ1n) is 11.3. The Hall–Kier alpha value is -3.30. The molecule has 0 bridgehead atoms. The Morgan fingerprint density at radius 1 is 1.03 bits per heavy atom. The SMILES string of the molecule is O=C(N[C@@H]1CCC[C@H](Nc2nc(-c3c[nH]c4c(F)ccc(F)c34)ncc2F)C1)N1CCCC1. The summed E-state index contributed by atoms with van der Waals surface area (Å²) in [6.07, 6.45) is 7.71. The number of anilines is 1. The molecule has 1 saturated heterocycles. The van der Waals surface area contributed by atoms with Crippen molar-refractivity contribution >= 4 is 22.8 Å². The molecule has 0 unspecified atom stereocenters. The monoisotopic (exact) mass is 458 g/mol. The van der Waals surface area contributed by atoms with Gasteiger partial charge < -0.3 is 20.5 Å². The van der Waals surface area contributed by atoms with E-state index in [1.54, 1.807) is 0 Å². The van der Waals surface area contributed by atoms with Crippen LogP contribution in [-0.2, 0) is 0 Å². The van der Waals surface area contributed by atoms with Gasteiger partial charge in [-0.3, -0.25) is 0 Å². The Bertz CT molecular complexity index is 1180. The van der Waals surface area contributed by atoms with Crippen LogP contribution in [0.4, 0.5) is 23.8 Å². The fourth-order valence-electron chi connectivity index (χ4n) is 4.78. The summed E-state index contributed by atoms with van der Waals surface area (Å²) in [5, 5.41) is 6.25. The fourth-order valence-corrected chi connectivity index (χ4v) is 4.78. The lowest BCUT2D eigenvalue weighted by atomic mass is 9.91. The van der Waals surface area contributed by atoms with Gasteiger partial charge in [-0.15, -0.1) is 0 Å². The molecule has 3 heterocycles. The number of benzene rings is 1. The van der Waals surface area contributed by atoms with Crippen LogP contribution in [-0.4, -0.2) is 51.1 Å². The summed E-state index contributed by atoms with van der Waals surface area (Å²) in [6.45, 7) is 1.57. The molecule has 5 rings (SSSR count). The van der Waals surface area contributed by atoms with Crippen LogP contribution in [0.3, 0.4) is 0 Å². The molecule has 1 saturated carbocycles. The minimum atomic E-state index is -0.631. The van der Waals surface area contributed by atoms with Crippen LogP contribution in [0.2, 0.25) is 0 Å². The zero-order valence-corrected chi connectivity index (χ0v) is 18.0. The van der Waals surface area contributed by atoms with Gasteiger partial charge in [-0.1, -0.05) is 0 Å². The molecule has 2 atom stereocenters. The van der Waals surface area contributed by atoms with Crippen LogP contribution in [0.25, 0.3) is 22.3 Å². The first-order chi connectivity index (χ1) is 16.0. The van der Waals surface area contributed by atoms with E-state index in [0.29, 0.717) is 6.42 Å². The fraction of sp³-hybridized carbons (Fsp3) is 0.435. The number of carbonyl (C=O) groups excluding carboxylic acids is 1. The number of carbonyl (C=O) groups is 1. The first-order valence-corrected chi connectivity index (χ1v) is 11.3. The Morgan fingerprint density at radius 3 is 2.61 bits per heavy atom. The largest absolute Gasteiger partial charge is 0.365 e. The number of rotatable bonds is 4. The summed E-state index contributed by atoms with van der Waals surface area (Å²) in [6, 6.07) is 1.95. The molecule has 33 heavy (non-hydrogen) atoms. The van der Waals surface area contributed by atoms with Crippen molar-refractivity contribution in [2.45, 2.75) is 50.6 Å². The molecular formula is C23H25F3N6O. The normalized spacial score (nSPS) is 20.9. The molecular weight excluding hydrogens is 433 g/mol. The molecule has 3 N–H and O–H groups in total. The highest BCUT2D eigenvalue weighted by atomic mass is 19.1. The van der Waals surface area contributed by atoms with Crippen molar-refractivity contribution in [1.82, 2.24) is 25.2 Å². The average Bonchev–Trinajstić information content (AvgIpc) is 3.49. The van der Waals surface area contributed by atoms with Gasteiger partial charge in [0.1, 0.15) is 11.6 Å². The molecule has 2 amide bonds. The van der Waals surface area contributed by atoms with Crippen molar-refractivity contribution in [3.63, 3.8) is 0 Å². The van der Waals surface area contributed by atoms with Crippen molar-refractivity contribution in [1.29, 1.82) is 0 Å². The third-order valence-corrected chi connectivity index (χ3v) is 6.45. The Morgan fingerprint density at radius 2 is 1.79 bits per heavy atom. The predicted molar refractivity (Wildman–Crippen MR) is 118 cm³/mol. The van der Waals surface area contributed by atoms with E-state index in [4.69, 9.17) is 0 Å². The van der Waals surface area contributed by atoms with Crippen LogP contribution in [0.5, 0.6) is 0 Å². The van der Waals surface area contributed by atoms with Gasteiger partial charge in [0.25, 0.3) is 0 Å². The number of halogens is 3. The number of likely N-dealkylation sites (tertiary alicyclic amines) is 1. The molecule has 174 valence electrons. The summed E-state index contributed by atoms with van der Waals surface area (Å²) in [4.78, 5) is 25.2. The number of hydrogen-bond acceptors (Lipinski definition) is 4. The lowest BCUT2D eigenvalue weighted by molar-refractivity contribution is 0.199. The Kier molecular flexibility index (Phi) is 5.82. The van der Waals surface area contributed by atoms with E-state index in [-0.39, 0.29) is 46.2 Å². The summed E-state index contributed by atoms with van der Waals surface area (Å²) in [7, 11) is 0. The maximum Gasteiger partial charge on any atom is 0.317 e. The Labute approximate surface area is 188 Å². The van der Waals surface area contributed by atoms with E-state index >= 15 is 0 Å². The second-order valence-corrected chi connectivity index (χ2v) is 8.72. The number of aromatic amines is 1. The van der Waals surface area contributed by atoms with Crippen molar-refractivity contribution in [3.05, 3.63) is 42.0 Å². The summed E-state index contributed by atoms with van der Waals surface area (Å²) in [5.74, 6) is -1.75. The van der Waals surface area contributed by atoms with Crippen molar-refractivity contribution < 1.29 is 18.0 Å². The highest BCUT2D eigenvalue weighted by Crippen LogP contribution is 2.31. The number of nitrogens with one attached hydrogen (secondary N) is 3. The zero-order valence-electron chi connectivity index (χ0n) is 18.0. The average molecular weight is 458 g/mol. The highest BCUT2D eigenvalue weighted by molar-refractivity contribution is 5.94. The van der Waals surface area contributed by atoms with Gasteiger partial charge in [0.2, 0.25) is 0 Å². The molecule has 3 aromatic rings. The van der Waals surface area contributed by atoms with Crippen molar-refractivity contribution in [2.24, 2.45) is 0 Å². The first kappa shape index (κ1) is 21.5. The van der Waals surface area contributed by atoms with Gasteiger partial charge in [0, 0.05) is 42.3 Å². The summed E-state index contributed by atoms with van der Waals surface area (Å²) >= 11 is 0. The van der Waals surface area contributed by atoms with Gasteiger partial charge in [-0.05, 0) is 50.7 Å². The molecule has 1 aliphatic carbocycles. The summed E-state index contributed by atoms with van der Waals surface area (Å²) in [5.41, 5.74) is 0.265. The van der Waals surface area contributed by atoms with Gasteiger partial charge >= 0.3 is 6.03 Å². The standard InChI is InChI=1S/C23H25F3N6O/c24-16-6-7-17(25)20-19(16)15(11-27-20)21-28-12-18(26)22(31-21)29-13-4-3-5-14(10-13)30-23(33)32-8-1-2-9-32/h6-7,11-14,27H,1-5,8-10H2,(H,30,33)(H,28,29,31)/t13-,14+/m0/s1. The molecule has 0 spiro atoms. The van der Waals surface area contributed by atoms with Crippen LogP contribution < -0.4 is 10.6 Å². The minimum absolute atomic E-state index is 0.000549. The van der Waals surface area contributed by atoms with E-state index in [1.807, 2.05) is 4.90 Å². The number of nitrogens with zero attached hydrogens (tertiary/aromatic N) is 3. The third kappa shape index (κ3) is 4.34. The van der Waals surface area contributed by atoms with Gasteiger partial charge in [0.05, 0.1) is 11.7 Å². The van der Waals surface area contributed by atoms with Crippen LogP contribution >= 0.6 is 0 Å². The Balaban J connectivity index is 1.33. The van der Waals surface area contributed by atoms with E-state index in [0.717, 1.165) is 63.5 Å². The molecule has 0 radical (unpaired) electrons. The predicted octanol–water partition coefficient (Wildman–Crippen LogP) is 4.57. The second kappa shape index (κ2) is 8.92. The number of aromatic nitrogens is 3. The summed E-state index contributed by atoms with van der Waals surface area (Å²) < 4.78 is 42.9. The maximum absolute atomic E-state index is 14.5. The van der Waals surface area contributed by atoms with E-state index < -0.39 is 17.5 Å². The van der Waals surface area contributed by atoms with E-state index in [2.05, 4.69) is 25.6 Å². The lowest BCUT2D eigenvalue weighted by Gasteiger charge is -2.32. The van der Waals surface area contributed by atoms with Gasteiger partial charge in [-0.25, -0.2) is 27.9 Å². The molecule has 2 fully saturated rings. The number of urea groups is 1. The second-order valence-electron chi connectivity index (χ2n) is 8.72. The number of amides is 2. The number of H-pyrrole nitrogens is 1. The van der Waals surface area contributed by atoms with Crippen LogP contribution in [0.15, 0.2) is 24.5 Å². The molecule has 2 aromatic heterocycles. The highest BCUT2D eigenvalue weighted by Gasteiger charge is 2.27. The van der Waals surface area contributed by atoms with Gasteiger partial charge in [-0.2, -0.15) is 0 Å². The van der Waals surface area contributed by atoms with Crippen LogP contribution in [0.1, 0.15) is 38.5 Å². The van der Waals surface area contributed by atoms with Crippen molar-refractivity contribution in [2.75, 3.05) is 18.4 Å². The molecule has 10 heteroatoms. The molecule has 1 aromatic carbocycles. The van der Waals surface area contributed by atoms with Crippen LogP contribution in [0, 0.1) is 17.5 Å². The number of fused-ring (bicyclic) bond motifs is 1. The van der Waals surface area contributed by atoms with E-state index in [1.165, 1.54) is 6.20 Å². The minimum Gasteiger partial charge on any atom is -0.365 e. The molecule has 7 nitrogen and oxygen atoms in total. The quantitative estimate of drug-likeness (QED) is 0.535. The number of hydrogen-bond donors (Lipinski definition) is 3. The third-order valence-electron chi connectivity index (χ3n) is 6.45. The smallest absolute Gasteiger partial charge is 0.317 e. The van der Waals surface area contributed by atoms with E-state index in [9.17, 15) is 18.0 Å². The maximum atomic E-state index is 14.5. The van der Waals surface area contributed by atoms with Crippen molar-refractivity contribution in [3.8, 4) is 11.4 Å². The molecule has 2 aliphatic rings. The topological polar surface area (TPSA) is 85.9 Å². The van der Waals surface area contributed by atoms with Gasteiger partial charge in [0.15, 0.2) is 17.5 Å².